The molecule has 0 fully saturated rings. The summed E-state index contributed by atoms with van der Waals surface area (Å²) in [6.07, 6.45) is 0. The zero-order valence-corrected chi connectivity index (χ0v) is 21.3. The van der Waals surface area contributed by atoms with Gasteiger partial charge >= 0.3 is 0 Å². The molecule has 0 saturated heterocycles. The van der Waals surface area contributed by atoms with Crippen LogP contribution < -0.4 is 0 Å². The third-order valence-corrected chi connectivity index (χ3v) is 9.57. The molecule has 0 aromatic heterocycles. The van der Waals surface area contributed by atoms with Crippen LogP contribution in [0.1, 0.15) is 23.6 Å². The van der Waals surface area contributed by atoms with Crippen LogP contribution in [0.2, 0.25) is 0 Å². The molecule has 0 nitrogen and oxygen atoms in total. The molecule has 0 radical (unpaired) electrons. The van der Waals surface area contributed by atoms with Gasteiger partial charge in [-0.3, -0.25) is 0 Å². The lowest BCUT2D eigenvalue weighted by molar-refractivity contribution is 0.714. The molecule has 0 amide bonds. The van der Waals surface area contributed by atoms with Crippen LogP contribution in [0.5, 0.6) is 0 Å². The Kier molecular flexibility index (Phi) is 4.39. The Hall–Kier alpha value is -4.07. The van der Waals surface area contributed by atoms with E-state index in [2.05, 4.69) is 134 Å². The Labute approximate surface area is 221 Å². The number of hydrogen-bond acceptors (Lipinski definition) is 1. The summed E-state index contributed by atoms with van der Waals surface area (Å²) in [5.41, 5.74) is 11.9. The smallest absolute Gasteiger partial charge is 0.0435 e. The average Bonchev–Trinajstić information content (AvgIpc) is 3.22. The van der Waals surface area contributed by atoms with Crippen molar-refractivity contribution < 1.29 is 0 Å². The molecule has 0 N–H and O–H groups in total. The zero-order chi connectivity index (χ0) is 24.6. The molecule has 1 aliphatic heterocycles. The largest absolute Gasteiger partial charge is 0.0881 e. The molecular weight excluding hydrogens is 464 g/mol. The van der Waals surface area contributed by atoms with Gasteiger partial charge in [-0.05, 0) is 74.5 Å². The lowest BCUT2D eigenvalue weighted by Gasteiger charge is -2.29. The fraction of sp³-hybridized carbons (Fsp3) is 0.0556. The summed E-state index contributed by atoms with van der Waals surface area (Å²) >= 11 is 1.91. The van der Waals surface area contributed by atoms with E-state index in [9.17, 15) is 0 Å². The van der Waals surface area contributed by atoms with Gasteiger partial charge < -0.3 is 0 Å². The predicted octanol–water partition coefficient (Wildman–Crippen LogP) is 9.97. The minimum atomic E-state index is -0.192. The highest BCUT2D eigenvalue weighted by atomic mass is 32.2. The molecule has 6 aromatic rings. The van der Waals surface area contributed by atoms with Crippen LogP contribution in [-0.4, -0.2) is 0 Å². The molecule has 2 aliphatic rings. The van der Waals surface area contributed by atoms with Crippen LogP contribution >= 0.6 is 11.8 Å². The molecule has 0 saturated carbocycles. The van der Waals surface area contributed by atoms with Gasteiger partial charge in [-0.15, -0.1) is 0 Å². The third kappa shape index (κ3) is 2.86. The molecular formula is C36H24S. The highest BCUT2D eigenvalue weighted by Gasteiger charge is 2.40. The van der Waals surface area contributed by atoms with Gasteiger partial charge in [-0.2, -0.15) is 0 Å². The molecule has 1 heterocycles. The van der Waals surface area contributed by atoms with Crippen molar-refractivity contribution >= 4 is 22.5 Å². The maximum atomic E-state index is 2.46. The molecule has 1 atom stereocenters. The highest BCUT2D eigenvalue weighted by molar-refractivity contribution is 8.00. The molecule has 8 rings (SSSR count). The normalized spacial score (nSPS) is 16.8. The van der Waals surface area contributed by atoms with Crippen LogP contribution in [0.25, 0.3) is 44.2 Å². The Bertz CT molecular complexity index is 1860. The SMILES string of the molecule is CC1(c2ccccc2)c2ccccc2-c2ccc(-c3ccc4cccc5c4c3Sc3ccccc3-5)cc21. The van der Waals surface area contributed by atoms with Crippen LogP contribution in [-0.2, 0) is 5.41 Å². The van der Waals surface area contributed by atoms with Crippen molar-refractivity contribution in [1.82, 2.24) is 0 Å². The number of rotatable bonds is 2. The number of fused-ring (bicyclic) bond motifs is 5. The summed E-state index contributed by atoms with van der Waals surface area (Å²) in [5, 5.41) is 2.68. The standard InChI is InChI=1S/C36H24S/c1-36(25-11-3-2-4-12-25)31-16-7-5-13-27(31)28-21-19-24(22-32(28)36)26-20-18-23-10-9-15-30-29-14-6-8-17-33(29)37-35(26)34(23)30/h2-22H,1H3. The summed E-state index contributed by atoms with van der Waals surface area (Å²) in [6.45, 7) is 2.39. The van der Waals surface area contributed by atoms with Crippen molar-refractivity contribution in [2.75, 3.05) is 0 Å². The Balaban J connectivity index is 1.39. The second kappa shape index (κ2) is 7.71. The second-order valence-corrected chi connectivity index (χ2v) is 11.3. The van der Waals surface area contributed by atoms with E-state index in [4.69, 9.17) is 0 Å². The summed E-state index contributed by atoms with van der Waals surface area (Å²) in [4.78, 5) is 2.70. The number of hydrogen-bond donors (Lipinski definition) is 0. The highest BCUT2D eigenvalue weighted by Crippen LogP contribution is 2.55. The molecule has 174 valence electrons. The summed E-state index contributed by atoms with van der Waals surface area (Å²) in [5.74, 6) is 0. The van der Waals surface area contributed by atoms with Gasteiger partial charge in [0.15, 0.2) is 0 Å². The topological polar surface area (TPSA) is 0 Å². The number of benzene rings is 6. The minimum Gasteiger partial charge on any atom is -0.0881 e. The monoisotopic (exact) mass is 488 g/mol. The van der Waals surface area contributed by atoms with Gasteiger partial charge in [0.25, 0.3) is 0 Å². The molecule has 37 heavy (non-hydrogen) atoms. The van der Waals surface area contributed by atoms with E-state index in [0.717, 1.165) is 0 Å². The maximum Gasteiger partial charge on any atom is 0.0435 e. The second-order valence-electron chi connectivity index (χ2n) is 10.2. The van der Waals surface area contributed by atoms with E-state index in [1.54, 1.807) is 0 Å². The molecule has 1 heteroatoms. The van der Waals surface area contributed by atoms with Crippen molar-refractivity contribution in [1.29, 1.82) is 0 Å². The van der Waals surface area contributed by atoms with E-state index in [1.807, 2.05) is 11.8 Å². The first kappa shape index (κ1) is 21.1. The molecule has 6 aromatic carbocycles. The molecule has 0 spiro atoms. The van der Waals surface area contributed by atoms with Gasteiger partial charge in [0.2, 0.25) is 0 Å². The molecule has 1 aliphatic carbocycles. The first-order valence-electron chi connectivity index (χ1n) is 12.9. The van der Waals surface area contributed by atoms with Gasteiger partial charge in [-0.25, -0.2) is 0 Å². The van der Waals surface area contributed by atoms with Gasteiger partial charge in [-0.1, -0.05) is 127 Å². The first-order chi connectivity index (χ1) is 18.2. The van der Waals surface area contributed by atoms with Crippen molar-refractivity contribution in [3.8, 4) is 33.4 Å². The van der Waals surface area contributed by atoms with Crippen LogP contribution in [0.15, 0.2) is 137 Å². The van der Waals surface area contributed by atoms with E-state index in [1.165, 1.54) is 70.6 Å². The van der Waals surface area contributed by atoms with Crippen molar-refractivity contribution in [2.24, 2.45) is 0 Å². The molecule has 0 bridgehead atoms. The Morgan fingerprint density at radius 2 is 1.22 bits per heavy atom. The van der Waals surface area contributed by atoms with Gasteiger partial charge in [0.05, 0.1) is 0 Å². The lowest BCUT2D eigenvalue weighted by Crippen LogP contribution is -2.22. The van der Waals surface area contributed by atoms with E-state index < -0.39 is 0 Å². The quantitative estimate of drug-likeness (QED) is 0.233. The van der Waals surface area contributed by atoms with Crippen molar-refractivity contribution in [2.45, 2.75) is 22.1 Å². The fourth-order valence-electron chi connectivity index (χ4n) is 6.53. The summed E-state index contributed by atoms with van der Waals surface area (Å²) in [7, 11) is 0. The minimum absolute atomic E-state index is 0.192. The van der Waals surface area contributed by atoms with Crippen molar-refractivity contribution in [3.05, 3.63) is 144 Å². The van der Waals surface area contributed by atoms with Crippen molar-refractivity contribution in [3.63, 3.8) is 0 Å². The first-order valence-corrected chi connectivity index (χ1v) is 13.7. The fourth-order valence-corrected chi connectivity index (χ4v) is 7.81. The summed E-state index contributed by atoms with van der Waals surface area (Å²) < 4.78 is 0. The van der Waals surface area contributed by atoms with E-state index >= 15 is 0 Å². The third-order valence-electron chi connectivity index (χ3n) is 8.36. The Morgan fingerprint density at radius 1 is 0.514 bits per heavy atom. The van der Waals surface area contributed by atoms with Crippen LogP contribution in [0.3, 0.4) is 0 Å². The van der Waals surface area contributed by atoms with Crippen LogP contribution in [0, 0.1) is 0 Å². The zero-order valence-electron chi connectivity index (χ0n) is 20.5. The lowest BCUT2D eigenvalue weighted by atomic mass is 9.74. The van der Waals surface area contributed by atoms with E-state index in [0.29, 0.717) is 0 Å². The average molecular weight is 489 g/mol. The predicted molar refractivity (Wildman–Crippen MR) is 156 cm³/mol. The van der Waals surface area contributed by atoms with Crippen LogP contribution in [0.4, 0.5) is 0 Å². The summed E-state index contributed by atoms with van der Waals surface area (Å²) in [6, 6.07) is 47.2. The Morgan fingerprint density at radius 3 is 2.11 bits per heavy atom. The van der Waals surface area contributed by atoms with Gasteiger partial charge in [0, 0.05) is 20.6 Å². The van der Waals surface area contributed by atoms with Gasteiger partial charge in [0.1, 0.15) is 0 Å². The van der Waals surface area contributed by atoms with E-state index in [-0.39, 0.29) is 5.41 Å². The maximum absolute atomic E-state index is 2.46. The molecule has 1 unspecified atom stereocenters.